The van der Waals surface area contributed by atoms with Crippen LogP contribution in [0.15, 0.2) is 30.3 Å². The molecule has 1 rings (SSSR count). The van der Waals surface area contributed by atoms with Crippen molar-refractivity contribution < 1.29 is 14.3 Å². The fourth-order valence-electron chi connectivity index (χ4n) is 1.09. The summed E-state index contributed by atoms with van der Waals surface area (Å²) < 4.78 is 9.88. The topological polar surface area (TPSA) is 61.5 Å². The zero-order valence-electron chi connectivity index (χ0n) is 8.68. The Morgan fingerprint density at radius 2 is 2.07 bits per heavy atom. The third-order valence-corrected chi connectivity index (χ3v) is 1.94. The molecule has 1 atom stereocenters. The molecule has 0 unspecified atom stereocenters. The molecule has 1 aromatic rings. The predicted octanol–water partition coefficient (Wildman–Crippen LogP) is 0.956. The van der Waals surface area contributed by atoms with E-state index in [9.17, 15) is 4.79 Å². The standard InChI is InChI=1S/C11H15NO3/c1-14-11(13)10(12)7-8-15-9-5-3-2-4-6-9/h2-6,10H,7-8,12H2,1H3/t10-/m0/s1. The molecule has 1 aromatic carbocycles. The second-order valence-electron chi connectivity index (χ2n) is 3.08. The third kappa shape index (κ3) is 3.99. The van der Waals surface area contributed by atoms with E-state index in [0.29, 0.717) is 13.0 Å². The Bertz CT molecular complexity index is 300. The monoisotopic (exact) mass is 209 g/mol. The van der Waals surface area contributed by atoms with E-state index in [1.165, 1.54) is 7.11 Å². The first-order chi connectivity index (χ1) is 7.24. The Hall–Kier alpha value is -1.55. The number of carbonyl (C=O) groups excluding carboxylic acids is 1. The van der Waals surface area contributed by atoms with Crippen LogP contribution < -0.4 is 10.5 Å². The molecule has 82 valence electrons. The summed E-state index contributed by atoms with van der Waals surface area (Å²) >= 11 is 0. The van der Waals surface area contributed by atoms with E-state index in [1.54, 1.807) is 0 Å². The van der Waals surface area contributed by atoms with Gasteiger partial charge in [0, 0.05) is 6.42 Å². The molecule has 4 nitrogen and oxygen atoms in total. The van der Waals surface area contributed by atoms with E-state index >= 15 is 0 Å². The maximum absolute atomic E-state index is 11.0. The highest BCUT2D eigenvalue weighted by molar-refractivity contribution is 5.75. The first-order valence-corrected chi connectivity index (χ1v) is 4.75. The van der Waals surface area contributed by atoms with Gasteiger partial charge in [-0.15, -0.1) is 0 Å². The minimum Gasteiger partial charge on any atom is -0.494 e. The highest BCUT2D eigenvalue weighted by Gasteiger charge is 2.12. The van der Waals surface area contributed by atoms with Crippen LogP contribution in [0.25, 0.3) is 0 Å². The van der Waals surface area contributed by atoms with Gasteiger partial charge in [0.1, 0.15) is 11.8 Å². The lowest BCUT2D eigenvalue weighted by Gasteiger charge is -2.10. The minimum absolute atomic E-state index is 0.403. The van der Waals surface area contributed by atoms with Crippen LogP contribution in [0, 0.1) is 0 Å². The van der Waals surface area contributed by atoms with Crippen LogP contribution in [0.4, 0.5) is 0 Å². The second kappa shape index (κ2) is 6.03. The summed E-state index contributed by atoms with van der Waals surface area (Å²) in [6.45, 7) is 0.403. The molecule has 0 saturated carbocycles. The largest absolute Gasteiger partial charge is 0.494 e. The maximum Gasteiger partial charge on any atom is 0.322 e. The van der Waals surface area contributed by atoms with E-state index in [0.717, 1.165) is 5.75 Å². The van der Waals surface area contributed by atoms with Crippen LogP contribution >= 0.6 is 0 Å². The van der Waals surface area contributed by atoms with Crippen molar-refractivity contribution in [2.75, 3.05) is 13.7 Å². The van der Waals surface area contributed by atoms with Crippen molar-refractivity contribution in [3.05, 3.63) is 30.3 Å². The molecule has 0 bridgehead atoms. The molecule has 0 aliphatic rings. The molecule has 0 amide bonds. The Labute approximate surface area is 89.0 Å². The number of benzene rings is 1. The molecule has 0 aromatic heterocycles. The van der Waals surface area contributed by atoms with Crippen molar-refractivity contribution in [3.63, 3.8) is 0 Å². The van der Waals surface area contributed by atoms with E-state index in [1.807, 2.05) is 30.3 Å². The van der Waals surface area contributed by atoms with Gasteiger partial charge in [0.15, 0.2) is 0 Å². The zero-order chi connectivity index (χ0) is 11.1. The maximum atomic E-state index is 11.0. The lowest BCUT2D eigenvalue weighted by atomic mass is 10.2. The Morgan fingerprint density at radius 1 is 1.40 bits per heavy atom. The number of esters is 1. The van der Waals surface area contributed by atoms with E-state index < -0.39 is 12.0 Å². The molecule has 0 fully saturated rings. The van der Waals surface area contributed by atoms with Crippen molar-refractivity contribution in [2.24, 2.45) is 5.73 Å². The lowest BCUT2D eigenvalue weighted by molar-refractivity contribution is -0.142. The quantitative estimate of drug-likeness (QED) is 0.733. The molecule has 4 heteroatoms. The van der Waals surface area contributed by atoms with Crippen molar-refractivity contribution in [1.82, 2.24) is 0 Å². The summed E-state index contributed by atoms with van der Waals surface area (Å²) in [6, 6.07) is 8.77. The molecule has 0 spiro atoms. The summed E-state index contributed by atoms with van der Waals surface area (Å²) in [5.74, 6) is 0.362. The average Bonchev–Trinajstić information content (AvgIpc) is 2.29. The highest BCUT2D eigenvalue weighted by Crippen LogP contribution is 2.08. The van der Waals surface area contributed by atoms with Gasteiger partial charge in [-0.3, -0.25) is 4.79 Å². The smallest absolute Gasteiger partial charge is 0.322 e. The van der Waals surface area contributed by atoms with Gasteiger partial charge in [-0.25, -0.2) is 0 Å². The van der Waals surface area contributed by atoms with Gasteiger partial charge >= 0.3 is 5.97 Å². The Morgan fingerprint density at radius 3 is 2.67 bits per heavy atom. The second-order valence-corrected chi connectivity index (χ2v) is 3.08. The fraction of sp³-hybridized carbons (Fsp3) is 0.364. The minimum atomic E-state index is -0.612. The van der Waals surface area contributed by atoms with Crippen LogP contribution in [-0.2, 0) is 9.53 Å². The van der Waals surface area contributed by atoms with Gasteiger partial charge in [-0.05, 0) is 12.1 Å². The average molecular weight is 209 g/mol. The SMILES string of the molecule is COC(=O)[C@@H](N)CCOc1ccccc1. The van der Waals surface area contributed by atoms with Crippen molar-refractivity contribution >= 4 is 5.97 Å². The van der Waals surface area contributed by atoms with Gasteiger partial charge < -0.3 is 15.2 Å². The number of para-hydroxylation sites is 1. The van der Waals surface area contributed by atoms with Crippen LogP contribution in [0.2, 0.25) is 0 Å². The summed E-state index contributed by atoms with van der Waals surface area (Å²) in [4.78, 5) is 11.0. The van der Waals surface area contributed by atoms with Crippen LogP contribution in [0.3, 0.4) is 0 Å². The normalized spacial score (nSPS) is 11.9. The summed E-state index contributed by atoms with van der Waals surface area (Å²) in [6.07, 6.45) is 0.446. The Balaban J connectivity index is 2.25. The summed E-state index contributed by atoms with van der Waals surface area (Å²) in [5.41, 5.74) is 5.54. The zero-order valence-corrected chi connectivity index (χ0v) is 8.68. The summed E-state index contributed by atoms with van der Waals surface area (Å²) in [7, 11) is 1.32. The van der Waals surface area contributed by atoms with Gasteiger partial charge in [-0.1, -0.05) is 18.2 Å². The van der Waals surface area contributed by atoms with Crippen molar-refractivity contribution in [1.29, 1.82) is 0 Å². The number of hydrogen-bond acceptors (Lipinski definition) is 4. The number of hydrogen-bond donors (Lipinski definition) is 1. The molecule has 0 saturated heterocycles. The van der Waals surface area contributed by atoms with E-state index in [-0.39, 0.29) is 0 Å². The van der Waals surface area contributed by atoms with Gasteiger partial charge in [-0.2, -0.15) is 0 Å². The fourth-order valence-corrected chi connectivity index (χ4v) is 1.09. The summed E-state index contributed by atoms with van der Waals surface area (Å²) in [5, 5.41) is 0. The van der Waals surface area contributed by atoms with Gasteiger partial charge in [0.25, 0.3) is 0 Å². The van der Waals surface area contributed by atoms with E-state index in [2.05, 4.69) is 4.74 Å². The molecular formula is C11H15NO3. The first-order valence-electron chi connectivity index (χ1n) is 4.75. The number of ether oxygens (including phenoxy) is 2. The number of carbonyl (C=O) groups is 1. The number of rotatable bonds is 5. The van der Waals surface area contributed by atoms with Crippen LogP contribution in [0.1, 0.15) is 6.42 Å². The molecule has 2 N–H and O–H groups in total. The van der Waals surface area contributed by atoms with Crippen LogP contribution in [-0.4, -0.2) is 25.7 Å². The van der Waals surface area contributed by atoms with Gasteiger partial charge in [0.2, 0.25) is 0 Å². The van der Waals surface area contributed by atoms with Crippen molar-refractivity contribution in [2.45, 2.75) is 12.5 Å². The highest BCUT2D eigenvalue weighted by atomic mass is 16.5. The Kier molecular flexibility index (Phi) is 4.63. The van der Waals surface area contributed by atoms with Gasteiger partial charge in [0.05, 0.1) is 13.7 Å². The lowest BCUT2D eigenvalue weighted by Crippen LogP contribution is -2.33. The molecule has 15 heavy (non-hydrogen) atoms. The third-order valence-electron chi connectivity index (χ3n) is 1.94. The number of methoxy groups -OCH3 is 1. The van der Waals surface area contributed by atoms with Crippen LogP contribution in [0.5, 0.6) is 5.75 Å². The molecule has 0 heterocycles. The predicted molar refractivity (Wildman–Crippen MR) is 56.5 cm³/mol. The number of nitrogens with two attached hydrogens (primary N) is 1. The molecule has 0 radical (unpaired) electrons. The molecular weight excluding hydrogens is 194 g/mol. The molecule has 0 aliphatic carbocycles. The first kappa shape index (κ1) is 11.5. The van der Waals surface area contributed by atoms with Crippen molar-refractivity contribution in [3.8, 4) is 5.75 Å². The molecule has 0 aliphatic heterocycles. The van der Waals surface area contributed by atoms with E-state index in [4.69, 9.17) is 10.5 Å².